The maximum absolute atomic E-state index is 5.32. The molecule has 0 amide bonds. The zero-order valence-electron chi connectivity index (χ0n) is 9.79. The normalized spacial score (nSPS) is 18.1. The van der Waals surface area contributed by atoms with Crippen molar-refractivity contribution in [1.29, 1.82) is 0 Å². The van der Waals surface area contributed by atoms with Gasteiger partial charge >= 0.3 is 0 Å². The van der Waals surface area contributed by atoms with Gasteiger partial charge in [-0.2, -0.15) is 0 Å². The van der Waals surface area contributed by atoms with E-state index >= 15 is 0 Å². The molecular formula is C13H17BrN2S. The van der Waals surface area contributed by atoms with Crippen LogP contribution in [0.2, 0.25) is 0 Å². The van der Waals surface area contributed by atoms with E-state index in [1.165, 1.54) is 22.2 Å². The van der Waals surface area contributed by atoms with E-state index in [4.69, 9.17) is 6.42 Å². The van der Waals surface area contributed by atoms with Gasteiger partial charge in [0.15, 0.2) is 0 Å². The van der Waals surface area contributed by atoms with Gasteiger partial charge in [-0.05, 0) is 40.2 Å². The molecule has 17 heavy (non-hydrogen) atoms. The molecule has 0 aliphatic carbocycles. The standard InChI is InChI=1S/C13H17BrN2S/c1-2-6-16-7-3-11(4-8-16)15-10-13-12(14)5-9-17-13/h1,5,9,11,15H,3-4,6-8,10H2. The lowest BCUT2D eigenvalue weighted by Crippen LogP contribution is -2.42. The second kappa shape index (κ2) is 6.55. The van der Waals surface area contributed by atoms with Crippen LogP contribution >= 0.6 is 27.3 Å². The summed E-state index contributed by atoms with van der Waals surface area (Å²) in [4.78, 5) is 3.73. The quantitative estimate of drug-likeness (QED) is 0.860. The summed E-state index contributed by atoms with van der Waals surface area (Å²) >= 11 is 5.36. The molecule has 1 aliphatic rings. The Kier molecular flexibility index (Phi) is 5.05. The van der Waals surface area contributed by atoms with Gasteiger partial charge in [0.2, 0.25) is 0 Å². The molecule has 0 atom stereocenters. The van der Waals surface area contributed by atoms with Gasteiger partial charge in [0.05, 0.1) is 6.54 Å². The fourth-order valence-corrected chi connectivity index (χ4v) is 3.56. The van der Waals surface area contributed by atoms with Crippen LogP contribution in [0.5, 0.6) is 0 Å². The van der Waals surface area contributed by atoms with Crippen LogP contribution in [0.15, 0.2) is 15.9 Å². The minimum atomic E-state index is 0.637. The highest BCUT2D eigenvalue weighted by Crippen LogP contribution is 2.22. The third-order valence-electron chi connectivity index (χ3n) is 3.14. The Balaban J connectivity index is 1.72. The molecule has 2 heterocycles. The van der Waals surface area contributed by atoms with Crippen LogP contribution in [0.3, 0.4) is 0 Å². The molecule has 0 unspecified atom stereocenters. The van der Waals surface area contributed by atoms with Crippen molar-refractivity contribution < 1.29 is 0 Å². The first kappa shape index (κ1) is 13.1. The molecule has 1 aromatic rings. The van der Waals surface area contributed by atoms with Gasteiger partial charge in [-0.25, -0.2) is 0 Å². The average molecular weight is 313 g/mol. The van der Waals surface area contributed by atoms with Crippen molar-refractivity contribution >= 4 is 27.3 Å². The largest absolute Gasteiger partial charge is 0.309 e. The van der Waals surface area contributed by atoms with Crippen molar-refractivity contribution in [2.75, 3.05) is 19.6 Å². The molecule has 1 N–H and O–H groups in total. The Bertz CT molecular complexity index is 388. The molecule has 2 rings (SSSR count). The van der Waals surface area contributed by atoms with Gasteiger partial charge in [-0.3, -0.25) is 4.90 Å². The average Bonchev–Trinajstić information content (AvgIpc) is 2.75. The van der Waals surface area contributed by atoms with Crippen LogP contribution in [0, 0.1) is 12.3 Å². The first-order chi connectivity index (χ1) is 8.29. The number of hydrogen-bond donors (Lipinski definition) is 1. The molecule has 1 saturated heterocycles. The van der Waals surface area contributed by atoms with E-state index in [1.807, 2.05) is 0 Å². The fourth-order valence-electron chi connectivity index (χ4n) is 2.11. The highest BCUT2D eigenvalue weighted by Gasteiger charge is 2.18. The van der Waals surface area contributed by atoms with E-state index < -0.39 is 0 Å². The minimum Gasteiger partial charge on any atom is -0.309 e. The van der Waals surface area contributed by atoms with Crippen molar-refractivity contribution in [1.82, 2.24) is 10.2 Å². The van der Waals surface area contributed by atoms with E-state index in [0.29, 0.717) is 6.04 Å². The molecule has 2 nitrogen and oxygen atoms in total. The van der Waals surface area contributed by atoms with E-state index in [2.05, 4.69) is 43.5 Å². The number of piperidine rings is 1. The molecule has 0 radical (unpaired) electrons. The summed E-state index contributed by atoms with van der Waals surface area (Å²) in [6, 6.07) is 2.75. The summed E-state index contributed by atoms with van der Waals surface area (Å²) in [7, 11) is 0. The number of rotatable bonds is 4. The SMILES string of the molecule is C#CCN1CCC(NCc2sccc2Br)CC1. The Labute approximate surface area is 116 Å². The van der Waals surface area contributed by atoms with E-state index in [-0.39, 0.29) is 0 Å². The summed E-state index contributed by atoms with van der Waals surface area (Å²) in [5, 5.41) is 5.75. The van der Waals surface area contributed by atoms with Gasteiger partial charge < -0.3 is 5.32 Å². The molecule has 1 aromatic heterocycles. The lowest BCUT2D eigenvalue weighted by Gasteiger charge is -2.31. The molecule has 1 aliphatic heterocycles. The van der Waals surface area contributed by atoms with Gasteiger partial charge in [-0.1, -0.05) is 5.92 Å². The van der Waals surface area contributed by atoms with Crippen molar-refractivity contribution in [2.24, 2.45) is 0 Å². The Morgan fingerprint density at radius 3 is 2.88 bits per heavy atom. The summed E-state index contributed by atoms with van der Waals surface area (Å²) < 4.78 is 1.22. The summed E-state index contributed by atoms with van der Waals surface area (Å²) in [5.74, 6) is 2.72. The number of terminal acetylenes is 1. The molecule has 0 spiro atoms. The highest BCUT2D eigenvalue weighted by atomic mass is 79.9. The summed E-state index contributed by atoms with van der Waals surface area (Å²) in [6.07, 6.45) is 7.72. The number of hydrogen-bond acceptors (Lipinski definition) is 3. The molecule has 92 valence electrons. The van der Waals surface area contributed by atoms with Crippen molar-refractivity contribution in [3.63, 3.8) is 0 Å². The van der Waals surface area contributed by atoms with E-state index in [0.717, 1.165) is 26.2 Å². The zero-order valence-corrected chi connectivity index (χ0v) is 12.2. The van der Waals surface area contributed by atoms with Crippen LogP contribution in [-0.4, -0.2) is 30.6 Å². The van der Waals surface area contributed by atoms with Gasteiger partial charge in [0.25, 0.3) is 0 Å². The van der Waals surface area contributed by atoms with Gasteiger partial charge in [0, 0.05) is 35.0 Å². The Morgan fingerprint density at radius 2 is 2.29 bits per heavy atom. The van der Waals surface area contributed by atoms with Crippen molar-refractivity contribution in [3.05, 3.63) is 20.8 Å². The Morgan fingerprint density at radius 1 is 1.53 bits per heavy atom. The Hall–Kier alpha value is -0.340. The van der Waals surface area contributed by atoms with Gasteiger partial charge in [0.1, 0.15) is 0 Å². The van der Waals surface area contributed by atoms with Crippen LogP contribution in [0.25, 0.3) is 0 Å². The van der Waals surface area contributed by atoms with Crippen LogP contribution in [0.4, 0.5) is 0 Å². The van der Waals surface area contributed by atoms with Crippen LogP contribution < -0.4 is 5.32 Å². The summed E-state index contributed by atoms with van der Waals surface area (Å²) in [5.41, 5.74) is 0. The van der Waals surface area contributed by atoms with Crippen molar-refractivity contribution in [3.8, 4) is 12.3 Å². The number of likely N-dealkylation sites (tertiary alicyclic amines) is 1. The number of thiophene rings is 1. The topological polar surface area (TPSA) is 15.3 Å². The summed E-state index contributed by atoms with van der Waals surface area (Å²) in [6.45, 7) is 4.00. The number of halogens is 1. The highest BCUT2D eigenvalue weighted by molar-refractivity contribution is 9.10. The first-order valence-electron chi connectivity index (χ1n) is 5.90. The third kappa shape index (κ3) is 3.82. The minimum absolute atomic E-state index is 0.637. The van der Waals surface area contributed by atoms with E-state index in [9.17, 15) is 0 Å². The zero-order chi connectivity index (χ0) is 12.1. The van der Waals surface area contributed by atoms with Crippen LogP contribution in [-0.2, 0) is 6.54 Å². The predicted molar refractivity (Wildman–Crippen MR) is 77.2 cm³/mol. The number of nitrogens with zero attached hydrogens (tertiary/aromatic N) is 1. The first-order valence-corrected chi connectivity index (χ1v) is 7.58. The molecule has 0 aromatic carbocycles. The molecule has 0 saturated carbocycles. The third-order valence-corrected chi connectivity index (χ3v) is 5.07. The second-order valence-electron chi connectivity index (χ2n) is 4.33. The molecule has 1 fully saturated rings. The smallest absolute Gasteiger partial charge is 0.0598 e. The number of nitrogens with one attached hydrogen (secondary N) is 1. The molecule has 0 bridgehead atoms. The van der Waals surface area contributed by atoms with Gasteiger partial charge in [-0.15, -0.1) is 17.8 Å². The van der Waals surface area contributed by atoms with Crippen LogP contribution in [0.1, 0.15) is 17.7 Å². The molecular weight excluding hydrogens is 296 g/mol. The fraction of sp³-hybridized carbons (Fsp3) is 0.538. The lowest BCUT2D eigenvalue weighted by atomic mass is 10.1. The van der Waals surface area contributed by atoms with E-state index in [1.54, 1.807) is 11.3 Å². The second-order valence-corrected chi connectivity index (χ2v) is 6.18. The maximum atomic E-state index is 5.32. The maximum Gasteiger partial charge on any atom is 0.0598 e. The predicted octanol–water partition coefficient (Wildman–Crippen LogP) is 2.70. The monoisotopic (exact) mass is 312 g/mol. The lowest BCUT2D eigenvalue weighted by molar-refractivity contribution is 0.217. The van der Waals surface area contributed by atoms with Crippen molar-refractivity contribution in [2.45, 2.75) is 25.4 Å². The molecule has 4 heteroatoms.